The molecule has 3 aromatic heterocycles. The first kappa shape index (κ1) is 21.4. The van der Waals surface area contributed by atoms with E-state index in [4.69, 9.17) is 0 Å². The molecule has 0 spiro atoms. The van der Waals surface area contributed by atoms with Crippen LogP contribution in [-0.2, 0) is 0 Å². The van der Waals surface area contributed by atoms with E-state index in [0.29, 0.717) is 33.5 Å². The summed E-state index contributed by atoms with van der Waals surface area (Å²) in [5.41, 5.74) is 3.02. The van der Waals surface area contributed by atoms with Gasteiger partial charge in [-0.1, -0.05) is 11.3 Å². The summed E-state index contributed by atoms with van der Waals surface area (Å²) in [6, 6.07) is 8.42. The summed E-state index contributed by atoms with van der Waals surface area (Å²) < 4.78 is 15.9. The smallest absolute Gasteiger partial charge is 0.201 e. The van der Waals surface area contributed by atoms with Gasteiger partial charge < -0.3 is 10.4 Å². The van der Waals surface area contributed by atoms with Crippen LogP contribution in [0.25, 0.3) is 33.5 Å². The number of pyridine rings is 1. The van der Waals surface area contributed by atoms with Gasteiger partial charge >= 0.3 is 0 Å². The predicted molar refractivity (Wildman–Crippen MR) is 123 cm³/mol. The van der Waals surface area contributed by atoms with Crippen molar-refractivity contribution in [1.82, 2.24) is 35.5 Å². The topological polar surface area (TPSA) is 102 Å². The van der Waals surface area contributed by atoms with Crippen molar-refractivity contribution in [1.29, 1.82) is 0 Å². The van der Waals surface area contributed by atoms with Crippen LogP contribution < -0.4 is 5.32 Å². The highest BCUT2D eigenvalue weighted by molar-refractivity contribution is 5.79. The first-order chi connectivity index (χ1) is 15.6. The van der Waals surface area contributed by atoms with E-state index >= 15 is 0 Å². The number of piperidine rings is 1. The minimum absolute atomic E-state index is 0.0217. The third kappa shape index (κ3) is 4.04. The van der Waals surface area contributed by atoms with Crippen molar-refractivity contribution in [2.45, 2.75) is 57.7 Å². The lowest BCUT2D eigenvalue weighted by Gasteiger charge is -2.46. The quantitative estimate of drug-likeness (QED) is 0.483. The Morgan fingerprint density at radius 1 is 1.00 bits per heavy atom. The maximum absolute atomic E-state index is 14.1. The first-order valence-corrected chi connectivity index (χ1v) is 10.9. The van der Waals surface area contributed by atoms with Crippen molar-refractivity contribution in [3.8, 4) is 28.1 Å². The van der Waals surface area contributed by atoms with Crippen LogP contribution >= 0.6 is 0 Å². The minimum Gasteiger partial charge on any atom is -0.507 e. The summed E-state index contributed by atoms with van der Waals surface area (Å²) in [6.07, 6.45) is 4.45. The largest absolute Gasteiger partial charge is 0.507 e. The maximum Gasteiger partial charge on any atom is 0.201 e. The van der Waals surface area contributed by atoms with Gasteiger partial charge in [0, 0.05) is 28.4 Å². The second-order valence-electron chi connectivity index (χ2n) is 10.0. The third-order valence-corrected chi connectivity index (χ3v) is 6.09. The molecule has 4 aromatic rings. The number of aromatic hydroxyl groups is 1. The molecule has 9 heteroatoms. The molecule has 1 aromatic carbocycles. The SMILES string of the molecule is CC1(C)CC(n2nnc3cc(-c4ccc(-c5ccncc5F)cc4O)nnc32)CC(C)(C)N1. The molecule has 1 aliphatic heterocycles. The van der Waals surface area contributed by atoms with Gasteiger partial charge in [-0.2, -0.15) is 0 Å². The van der Waals surface area contributed by atoms with Crippen molar-refractivity contribution in [3.05, 3.63) is 48.5 Å². The minimum atomic E-state index is -0.452. The Morgan fingerprint density at radius 3 is 2.45 bits per heavy atom. The molecule has 1 fully saturated rings. The molecule has 2 N–H and O–H groups in total. The van der Waals surface area contributed by atoms with E-state index in [2.05, 4.69) is 58.5 Å². The van der Waals surface area contributed by atoms with E-state index in [1.54, 1.807) is 24.3 Å². The number of aromatic nitrogens is 6. The summed E-state index contributed by atoms with van der Waals surface area (Å²) in [7, 11) is 0. The molecule has 4 heterocycles. The van der Waals surface area contributed by atoms with E-state index in [-0.39, 0.29) is 22.9 Å². The van der Waals surface area contributed by atoms with Gasteiger partial charge in [-0.15, -0.1) is 15.3 Å². The van der Waals surface area contributed by atoms with Gasteiger partial charge in [-0.3, -0.25) is 4.98 Å². The number of hydrogen-bond donors (Lipinski definition) is 2. The van der Waals surface area contributed by atoms with Crippen LogP contribution in [0.5, 0.6) is 5.75 Å². The summed E-state index contributed by atoms with van der Waals surface area (Å²) in [5.74, 6) is -0.474. The number of benzene rings is 1. The van der Waals surface area contributed by atoms with E-state index in [0.717, 1.165) is 19.0 Å². The Kier molecular flexibility index (Phi) is 4.89. The van der Waals surface area contributed by atoms with Crippen LogP contribution in [0.4, 0.5) is 4.39 Å². The van der Waals surface area contributed by atoms with Crippen LogP contribution in [0.3, 0.4) is 0 Å². The average Bonchev–Trinajstić information content (AvgIpc) is 3.15. The molecule has 0 radical (unpaired) electrons. The van der Waals surface area contributed by atoms with Crippen molar-refractivity contribution in [2.75, 3.05) is 0 Å². The highest BCUT2D eigenvalue weighted by Crippen LogP contribution is 2.37. The van der Waals surface area contributed by atoms with Crippen LogP contribution in [0.15, 0.2) is 42.7 Å². The van der Waals surface area contributed by atoms with Crippen molar-refractivity contribution >= 4 is 11.2 Å². The first-order valence-electron chi connectivity index (χ1n) is 10.9. The molecular formula is C24H26FN7O. The van der Waals surface area contributed by atoms with E-state index in [9.17, 15) is 9.50 Å². The number of rotatable bonds is 3. The summed E-state index contributed by atoms with van der Waals surface area (Å²) in [5, 5.41) is 31.8. The van der Waals surface area contributed by atoms with Gasteiger partial charge in [0.15, 0.2) is 0 Å². The standard InChI is InChI=1S/C24H26FN7O/c1-23(2)11-15(12-24(3,4)30-23)32-22-20(28-31-32)10-19(27-29-22)17-6-5-14(9-21(17)33)16-7-8-26-13-18(16)25/h5-10,13,15,30,33H,11-12H2,1-4H3. The molecule has 0 aliphatic carbocycles. The number of nitrogens with one attached hydrogen (secondary N) is 1. The zero-order chi connectivity index (χ0) is 23.4. The molecule has 170 valence electrons. The van der Waals surface area contributed by atoms with Crippen LogP contribution in [0.1, 0.15) is 46.6 Å². The van der Waals surface area contributed by atoms with Crippen LogP contribution in [0.2, 0.25) is 0 Å². The molecule has 1 aliphatic rings. The molecule has 0 amide bonds. The zero-order valence-electron chi connectivity index (χ0n) is 19.0. The fourth-order valence-electron chi connectivity index (χ4n) is 5.09. The van der Waals surface area contributed by atoms with Gasteiger partial charge in [0.2, 0.25) is 5.65 Å². The van der Waals surface area contributed by atoms with E-state index in [1.165, 1.54) is 12.3 Å². The Morgan fingerprint density at radius 2 is 1.76 bits per heavy atom. The van der Waals surface area contributed by atoms with Gasteiger partial charge in [0.1, 0.15) is 17.1 Å². The number of halogens is 1. The lowest BCUT2D eigenvalue weighted by Crippen LogP contribution is -2.58. The molecule has 0 atom stereocenters. The summed E-state index contributed by atoms with van der Waals surface area (Å²) in [4.78, 5) is 3.76. The van der Waals surface area contributed by atoms with Crippen LogP contribution in [0, 0.1) is 5.82 Å². The van der Waals surface area contributed by atoms with Crippen molar-refractivity contribution < 1.29 is 9.50 Å². The predicted octanol–water partition coefficient (Wildman–Crippen LogP) is 4.28. The van der Waals surface area contributed by atoms with Gasteiger partial charge in [0.25, 0.3) is 0 Å². The molecule has 0 saturated carbocycles. The summed E-state index contributed by atoms with van der Waals surface area (Å²) in [6.45, 7) is 8.75. The second kappa shape index (κ2) is 7.55. The third-order valence-electron chi connectivity index (χ3n) is 6.09. The fourth-order valence-corrected chi connectivity index (χ4v) is 5.09. The molecule has 0 unspecified atom stereocenters. The number of hydrogen-bond acceptors (Lipinski definition) is 7. The summed E-state index contributed by atoms with van der Waals surface area (Å²) >= 11 is 0. The van der Waals surface area contributed by atoms with Gasteiger partial charge in [-0.05, 0) is 70.4 Å². The van der Waals surface area contributed by atoms with Gasteiger partial charge in [0.05, 0.1) is 17.9 Å². The molecule has 33 heavy (non-hydrogen) atoms. The lowest BCUT2D eigenvalue weighted by atomic mass is 9.80. The Hall–Kier alpha value is -3.46. The number of phenols is 1. The second-order valence-corrected chi connectivity index (χ2v) is 10.0. The van der Waals surface area contributed by atoms with E-state index in [1.807, 2.05) is 4.68 Å². The van der Waals surface area contributed by atoms with E-state index < -0.39 is 5.82 Å². The molecular weight excluding hydrogens is 421 g/mol. The Balaban J connectivity index is 1.49. The maximum atomic E-state index is 14.1. The Labute approximate surface area is 190 Å². The molecule has 1 saturated heterocycles. The highest BCUT2D eigenvalue weighted by Gasteiger charge is 2.39. The molecule has 8 nitrogen and oxygen atoms in total. The monoisotopic (exact) mass is 447 g/mol. The molecule has 5 rings (SSSR count). The zero-order valence-corrected chi connectivity index (χ0v) is 19.0. The van der Waals surface area contributed by atoms with Crippen molar-refractivity contribution in [3.63, 3.8) is 0 Å². The van der Waals surface area contributed by atoms with Crippen LogP contribution in [-0.4, -0.2) is 46.4 Å². The Bertz CT molecular complexity index is 1330. The average molecular weight is 448 g/mol. The lowest BCUT2D eigenvalue weighted by molar-refractivity contribution is 0.127. The van der Waals surface area contributed by atoms with Gasteiger partial charge in [-0.25, -0.2) is 9.07 Å². The number of nitrogens with zero attached hydrogens (tertiary/aromatic N) is 6. The number of fused-ring (bicyclic) bond motifs is 1. The number of phenolic OH excluding ortho intramolecular Hbond substituents is 1. The van der Waals surface area contributed by atoms with Crippen molar-refractivity contribution in [2.24, 2.45) is 0 Å². The highest BCUT2D eigenvalue weighted by atomic mass is 19.1. The fraction of sp³-hybridized carbons (Fsp3) is 0.375. The molecule has 0 bridgehead atoms. The normalized spacial score (nSPS) is 18.0.